The Bertz CT molecular complexity index is 1810. The Labute approximate surface area is 283 Å². The van der Waals surface area contributed by atoms with Gasteiger partial charge >= 0.3 is 5.69 Å². The van der Waals surface area contributed by atoms with E-state index in [4.69, 9.17) is 26.1 Å². The molecule has 0 spiro atoms. The number of anilines is 1. The highest BCUT2D eigenvalue weighted by atomic mass is 35.5. The first kappa shape index (κ1) is 32.1. The molecule has 5 aliphatic heterocycles. The molecule has 4 saturated heterocycles. The van der Waals surface area contributed by atoms with Crippen LogP contribution < -0.4 is 15.3 Å². The lowest BCUT2D eigenvalue weighted by Gasteiger charge is -2.48. The first-order valence-electron chi connectivity index (χ1n) is 16.9. The summed E-state index contributed by atoms with van der Waals surface area (Å²) in [4.78, 5) is 28.1. The maximum absolute atomic E-state index is 15.3. The molecule has 48 heavy (non-hydrogen) atoms. The predicted molar refractivity (Wildman–Crippen MR) is 180 cm³/mol. The SMILES string of the molecule is C=CC(O)N1C[C@H](C)N(c2nc(=O)n3c4c(c(-c5ccc(F)cc5F)c(Cl)cc24)OC[C@H]3CN2CC3CCC(C2)N3C2COC2)C[C@H]1C. The van der Waals surface area contributed by atoms with Crippen LogP contribution in [0.25, 0.3) is 22.0 Å². The van der Waals surface area contributed by atoms with Gasteiger partial charge in [0.05, 0.1) is 35.8 Å². The summed E-state index contributed by atoms with van der Waals surface area (Å²) in [5.74, 6) is -0.720. The number of fused-ring (bicyclic) bond motifs is 2. The number of rotatable bonds is 7. The van der Waals surface area contributed by atoms with Gasteiger partial charge in [0.25, 0.3) is 0 Å². The van der Waals surface area contributed by atoms with Crippen molar-refractivity contribution in [3.8, 4) is 16.9 Å². The molecule has 8 rings (SSSR count). The van der Waals surface area contributed by atoms with Crippen molar-refractivity contribution in [3.63, 3.8) is 0 Å². The predicted octanol–water partition coefficient (Wildman–Crippen LogP) is 3.88. The van der Waals surface area contributed by atoms with Gasteiger partial charge in [0.2, 0.25) is 0 Å². The Morgan fingerprint density at radius 3 is 2.48 bits per heavy atom. The molecule has 0 saturated carbocycles. The number of aliphatic hydroxyl groups excluding tert-OH is 1. The third-order valence-electron chi connectivity index (χ3n) is 11.1. The third kappa shape index (κ3) is 5.23. The summed E-state index contributed by atoms with van der Waals surface area (Å²) in [7, 11) is 0. The molecule has 3 aromatic rings. The van der Waals surface area contributed by atoms with Crippen molar-refractivity contribution in [2.75, 3.05) is 57.4 Å². The molecule has 0 aliphatic carbocycles. The average Bonchev–Trinajstić information content (AvgIpc) is 3.27. The summed E-state index contributed by atoms with van der Waals surface area (Å²) in [6, 6.07) is 5.97. The Hall–Kier alpha value is -3.13. The summed E-state index contributed by atoms with van der Waals surface area (Å²) < 4.78 is 43.0. The van der Waals surface area contributed by atoms with Crippen molar-refractivity contribution in [2.45, 2.75) is 69.2 Å². The van der Waals surface area contributed by atoms with Gasteiger partial charge in [-0.05, 0) is 51.0 Å². The lowest BCUT2D eigenvalue weighted by molar-refractivity contribution is -0.102. The Morgan fingerprint density at radius 2 is 1.81 bits per heavy atom. The van der Waals surface area contributed by atoms with E-state index in [1.54, 1.807) is 10.6 Å². The minimum atomic E-state index is -0.796. The molecule has 10 nitrogen and oxygen atoms in total. The van der Waals surface area contributed by atoms with Crippen molar-refractivity contribution in [1.82, 2.24) is 24.3 Å². The van der Waals surface area contributed by atoms with Crippen LogP contribution in [0.5, 0.6) is 5.75 Å². The van der Waals surface area contributed by atoms with E-state index in [0.717, 1.165) is 45.2 Å². The van der Waals surface area contributed by atoms with Gasteiger partial charge in [-0.15, -0.1) is 0 Å². The number of nitrogens with zero attached hydrogens (tertiary/aromatic N) is 6. The van der Waals surface area contributed by atoms with Crippen LogP contribution in [0.3, 0.4) is 0 Å². The number of aromatic nitrogens is 2. The normalized spacial score (nSPS) is 28.8. The summed E-state index contributed by atoms with van der Waals surface area (Å²) in [6.45, 7) is 13.0. The molecule has 6 heterocycles. The van der Waals surface area contributed by atoms with Gasteiger partial charge in [0.15, 0.2) is 5.75 Å². The van der Waals surface area contributed by atoms with E-state index < -0.39 is 23.6 Å². The standard InChI is InChI=1S/C35H41ClF2N6O4/c1-4-30(45)41-11-20(3)42(12-19(41)2)34-27-10-28(36)31(26-8-5-21(37)9-29(26)38)33-32(27)44(35(46)39-34)24(18-48-33)15-40-13-22-6-7-23(14-40)43(22)25-16-47-17-25/h4-5,8-10,19-20,22-25,30,45H,1,6-7,11-18H2,2-3H3/t19-,20+,22?,23?,24-,30?/m1/s1. The second-order valence-corrected chi connectivity index (χ2v) is 14.5. The zero-order chi connectivity index (χ0) is 33.4. The largest absolute Gasteiger partial charge is 0.488 e. The summed E-state index contributed by atoms with van der Waals surface area (Å²) in [5.41, 5.74) is 0.462. The average molecular weight is 683 g/mol. The van der Waals surface area contributed by atoms with Crippen molar-refractivity contribution < 1.29 is 23.4 Å². The molecular weight excluding hydrogens is 642 g/mol. The van der Waals surface area contributed by atoms with Gasteiger partial charge in [-0.2, -0.15) is 4.98 Å². The van der Waals surface area contributed by atoms with Crippen LogP contribution in [0.2, 0.25) is 5.02 Å². The van der Waals surface area contributed by atoms with Gasteiger partial charge in [-0.25, -0.2) is 13.6 Å². The molecule has 1 N–H and O–H groups in total. The van der Waals surface area contributed by atoms with Gasteiger partial charge in [-0.1, -0.05) is 18.2 Å². The molecule has 0 amide bonds. The fraction of sp³-hybridized carbons (Fsp3) is 0.543. The molecule has 13 heteroatoms. The highest BCUT2D eigenvalue weighted by molar-refractivity contribution is 6.35. The second-order valence-electron chi connectivity index (χ2n) is 14.1. The van der Waals surface area contributed by atoms with Gasteiger partial charge in [0.1, 0.15) is 30.3 Å². The smallest absolute Gasteiger partial charge is 0.350 e. The van der Waals surface area contributed by atoms with E-state index in [1.807, 2.05) is 18.7 Å². The molecule has 1 aromatic heterocycles. The number of piperazine rings is 2. The molecule has 2 bridgehead atoms. The van der Waals surface area contributed by atoms with E-state index in [0.29, 0.717) is 54.5 Å². The zero-order valence-corrected chi connectivity index (χ0v) is 28.0. The first-order valence-corrected chi connectivity index (χ1v) is 17.3. The maximum atomic E-state index is 15.3. The third-order valence-corrected chi connectivity index (χ3v) is 11.4. The van der Waals surface area contributed by atoms with Crippen LogP contribution in [0.4, 0.5) is 14.6 Å². The lowest BCUT2D eigenvalue weighted by atomic mass is 9.99. The number of hydrogen-bond donors (Lipinski definition) is 1. The molecule has 2 aromatic carbocycles. The van der Waals surface area contributed by atoms with Crippen molar-refractivity contribution in [1.29, 1.82) is 0 Å². The zero-order valence-electron chi connectivity index (χ0n) is 27.2. The highest BCUT2D eigenvalue weighted by Gasteiger charge is 2.46. The van der Waals surface area contributed by atoms with Crippen LogP contribution >= 0.6 is 11.6 Å². The molecule has 256 valence electrons. The molecule has 6 atom stereocenters. The minimum Gasteiger partial charge on any atom is -0.488 e. The molecule has 4 fully saturated rings. The lowest BCUT2D eigenvalue weighted by Crippen LogP contribution is -2.62. The molecular formula is C35H41ClF2N6O4. The van der Waals surface area contributed by atoms with Gasteiger partial charge in [-0.3, -0.25) is 19.3 Å². The van der Waals surface area contributed by atoms with E-state index >= 15 is 4.39 Å². The number of ether oxygens (including phenoxy) is 2. The van der Waals surface area contributed by atoms with Crippen molar-refractivity contribution in [2.24, 2.45) is 0 Å². The van der Waals surface area contributed by atoms with E-state index in [1.165, 1.54) is 18.2 Å². The summed E-state index contributed by atoms with van der Waals surface area (Å²) in [6.07, 6.45) is 3.02. The van der Waals surface area contributed by atoms with Gasteiger partial charge < -0.3 is 19.5 Å². The van der Waals surface area contributed by atoms with E-state index in [9.17, 15) is 14.3 Å². The number of aliphatic hydroxyl groups is 1. The maximum Gasteiger partial charge on any atom is 0.350 e. The second kappa shape index (κ2) is 12.3. The quantitative estimate of drug-likeness (QED) is 0.374. The Kier molecular flexibility index (Phi) is 8.24. The fourth-order valence-corrected chi connectivity index (χ4v) is 9.07. The van der Waals surface area contributed by atoms with Crippen LogP contribution in [0.15, 0.2) is 41.7 Å². The summed E-state index contributed by atoms with van der Waals surface area (Å²) in [5, 5.41) is 11.4. The topological polar surface area (TPSA) is 86.5 Å². The van der Waals surface area contributed by atoms with Crippen LogP contribution in [-0.4, -0.2) is 118 Å². The first-order chi connectivity index (χ1) is 23.1. The monoisotopic (exact) mass is 682 g/mol. The van der Waals surface area contributed by atoms with Crippen LogP contribution in [0.1, 0.15) is 32.7 Å². The number of benzene rings is 2. The molecule has 0 radical (unpaired) electrons. The Morgan fingerprint density at radius 1 is 1.06 bits per heavy atom. The number of hydrogen-bond acceptors (Lipinski definition) is 9. The molecule has 3 unspecified atom stereocenters. The van der Waals surface area contributed by atoms with Gasteiger partial charge in [0, 0.05) is 79.5 Å². The number of likely N-dealkylation sites (tertiary alicyclic amines) is 1. The van der Waals surface area contributed by atoms with Crippen LogP contribution in [0, 0.1) is 11.6 Å². The Balaban J connectivity index is 1.22. The summed E-state index contributed by atoms with van der Waals surface area (Å²) >= 11 is 6.95. The molecule has 5 aliphatic rings. The fourth-order valence-electron chi connectivity index (χ4n) is 8.77. The van der Waals surface area contributed by atoms with E-state index in [-0.39, 0.29) is 46.6 Å². The van der Waals surface area contributed by atoms with Crippen LogP contribution in [-0.2, 0) is 4.74 Å². The van der Waals surface area contributed by atoms with E-state index in [2.05, 4.69) is 21.3 Å². The highest BCUT2D eigenvalue weighted by Crippen LogP contribution is 2.47. The number of halogens is 3. The minimum absolute atomic E-state index is 0.0755. The van der Waals surface area contributed by atoms with Crippen molar-refractivity contribution >= 4 is 28.3 Å². The van der Waals surface area contributed by atoms with Crippen molar-refractivity contribution in [3.05, 3.63) is 64.1 Å².